The topological polar surface area (TPSA) is 18.5 Å². The summed E-state index contributed by atoms with van der Waals surface area (Å²) in [6.07, 6.45) is 0. The van der Waals surface area contributed by atoms with Gasteiger partial charge in [0.05, 0.1) is 0 Å². The van der Waals surface area contributed by atoms with E-state index in [0.29, 0.717) is 6.04 Å². The van der Waals surface area contributed by atoms with Crippen molar-refractivity contribution in [2.24, 2.45) is 0 Å². The Hall–Kier alpha value is -0.380. The molecule has 1 aliphatic heterocycles. The fraction of sp³-hybridized carbons (Fsp3) is 0.846. The van der Waals surface area contributed by atoms with Gasteiger partial charge in [0.1, 0.15) is 0 Å². The summed E-state index contributed by atoms with van der Waals surface area (Å²) in [5, 5.41) is 3.31. The zero-order chi connectivity index (χ0) is 12.1. The molecule has 1 atom stereocenters. The Balaban J connectivity index is 2.47. The third-order valence-electron chi connectivity index (χ3n) is 3.38. The highest BCUT2D eigenvalue weighted by molar-refractivity contribution is 5.22. The van der Waals surface area contributed by atoms with E-state index in [-0.39, 0.29) is 0 Å². The molecule has 1 aliphatic rings. The lowest BCUT2D eigenvalue weighted by Crippen LogP contribution is -2.42. The van der Waals surface area contributed by atoms with Crippen molar-refractivity contribution in [1.82, 2.24) is 15.1 Å². The van der Waals surface area contributed by atoms with E-state index in [0.717, 1.165) is 32.7 Å². The monoisotopic (exact) mass is 225 g/mol. The van der Waals surface area contributed by atoms with Crippen molar-refractivity contribution in [3.05, 3.63) is 11.1 Å². The van der Waals surface area contributed by atoms with Gasteiger partial charge >= 0.3 is 0 Å². The molecule has 1 unspecified atom stereocenters. The minimum absolute atomic E-state index is 0.628. The van der Waals surface area contributed by atoms with Crippen LogP contribution in [-0.2, 0) is 0 Å². The van der Waals surface area contributed by atoms with Crippen LogP contribution in [0.5, 0.6) is 0 Å². The fourth-order valence-corrected chi connectivity index (χ4v) is 2.19. The molecule has 0 spiro atoms. The molecule has 0 saturated carbocycles. The maximum Gasteiger partial charge on any atom is 0.0197 e. The molecule has 1 saturated heterocycles. The van der Waals surface area contributed by atoms with Crippen molar-refractivity contribution in [3.63, 3.8) is 0 Å². The third kappa shape index (κ3) is 3.89. The van der Waals surface area contributed by atoms with Crippen molar-refractivity contribution in [1.29, 1.82) is 0 Å². The van der Waals surface area contributed by atoms with E-state index >= 15 is 0 Å². The second-order valence-electron chi connectivity index (χ2n) is 5.16. The van der Waals surface area contributed by atoms with E-state index in [9.17, 15) is 0 Å². The summed E-state index contributed by atoms with van der Waals surface area (Å²) < 4.78 is 0. The van der Waals surface area contributed by atoms with Crippen LogP contribution in [0.2, 0.25) is 0 Å². The Morgan fingerprint density at radius 1 is 1.38 bits per heavy atom. The smallest absolute Gasteiger partial charge is 0.0197 e. The lowest BCUT2D eigenvalue weighted by Gasteiger charge is -2.32. The number of nitrogens with one attached hydrogen (secondary N) is 1. The standard InChI is InChI=1S/C13H27N3/c1-6-16(12(3)10-15(4)5)9-11(2)13-7-14-8-13/h12,14H,6-10H2,1-5H3. The van der Waals surface area contributed by atoms with E-state index in [4.69, 9.17) is 0 Å². The van der Waals surface area contributed by atoms with Crippen LogP contribution in [0.15, 0.2) is 11.1 Å². The van der Waals surface area contributed by atoms with Gasteiger partial charge in [0, 0.05) is 32.2 Å². The summed E-state index contributed by atoms with van der Waals surface area (Å²) in [7, 11) is 4.29. The molecule has 0 amide bonds. The average molecular weight is 225 g/mol. The molecule has 3 heteroatoms. The first kappa shape index (κ1) is 13.7. The van der Waals surface area contributed by atoms with Crippen LogP contribution in [0.4, 0.5) is 0 Å². The molecule has 1 fully saturated rings. The van der Waals surface area contributed by atoms with Crippen LogP contribution < -0.4 is 5.32 Å². The Morgan fingerprint density at radius 2 is 2.00 bits per heavy atom. The summed E-state index contributed by atoms with van der Waals surface area (Å²) in [5.74, 6) is 0. The Labute approximate surface area is 100 Å². The van der Waals surface area contributed by atoms with Gasteiger partial charge in [-0.25, -0.2) is 0 Å². The highest BCUT2D eigenvalue weighted by atomic mass is 15.2. The molecule has 0 aliphatic carbocycles. The molecule has 1 N–H and O–H groups in total. The number of nitrogens with zero attached hydrogens (tertiary/aromatic N) is 2. The number of hydrogen-bond donors (Lipinski definition) is 1. The summed E-state index contributed by atoms with van der Waals surface area (Å²) in [4.78, 5) is 4.82. The Bertz CT molecular complexity index is 240. The van der Waals surface area contributed by atoms with Crippen LogP contribution >= 0.6 is 0 Å². The van der Waals surface area contributed by atoms with Crippen LogP contribution in [0.25, 0.3) is 0 Å². The number of likely N-dealkylation sites (N-methyl/N-ethyl adjacent to an activating group) is 2. The summed E-state index contributed by atoms with van der Waals surface area (Å²) in [5.41, 5.74) is 3.17. The summed E-state index contributed by atoms with van der Waals surface area (Å²) >= 11 is 0. The molecule has 1 rings (SSSR count). The zero-order valence-corrected chi connectivity index (χ0v) is 11.5. The van der Waals surface area contributed by atoms with Gasteiger partial charge in [0.2, 0.25) is 0 Å². The highest BCUT2D eigenvalue weighted by Crippen LogP contribution is 2.12. The molecule has 0 radical (unpaired) electrons. The van der Waals surface area contributed by atoms with Crippen molar-refractivity contribution in [3.8, 4) is 0 Å². The molecule has 94 valence electrons. The molecular weight excluding hydrogens is 198 g/mol. The zero-order valence-electron chi connectivity index (χ0n) is 11.5. The van der Waals surface area contributed by atoms with Crippen LogP contribution in [0.1, 0.15) is 20.8 Å². The van der Waals surface area contributed by atoms with Gasteiger partial charge in [-0.2, -0.15) is 0 Å². The molecule has 0 aromatic rings. The molecule has 0 bridgehead atoms. The fourth-order valence-electron chi connectivity index (χ4n) is 2.19. The maximum atomic E-state index is 3.31. The van der Waals surface area contributed by atoms with E-state index in [1.165, 1.54) is 0 Å². The average Bonchev–Trinajstić information content (AvgIpc) is 2.09. The van der Waals surface area contributed by atoms with Gasteiger partial charge < -0.3 is 10.2 Å². The van der Waals surface area contributed by atoms with Crippen molar-refractivity contribution >= 4 is 0 Å². The second-order valence-corrected chi connectivity index (χ2v) is 5.16. The third-order valence-corrected chi connectivity index (χ3v) is 3.38. The first-order valence-electron chi connectivity index (χ1n) is 6.31. The minimum atomic E-state index is 0.628. The van der Waals surface area contributed by atoms with Gasteiger partial charge in [-0.3, -0.25) is 4.90 Å². The van der Waals surface area contributed by atoms with Crippen LogP contribution in [0, 0.1) is 0 Å². The van der Waals surface area contributed by atoms with Crippen molar-refractivity contribution < 1.29 is 0 Å². The quantitative estimate of drug-likeness (QED) is 0.685. The number of hydrogen-bond acceptors (Lipinski definition) is 3. The molecule has 1 heterocycles. The molecule has 0 aromatic carbocycles. The Kier molecular flexibility index (Phi) is 5.46. The van der Waals surface area contributed by atoms with Gasteiger partial charge in [-0.1, -0.05) is 12.5 Å². The molecular formula is C13H27N3. The summed E-state index contributed by atoms with van der Waals surface area (Å²) in [6, 6.07) is 0.628. The molecule has 16 heavy (non-hydrogen) atoms. The highest BCUT2D eigenvalue weighted by Gasteiger charge is 2.16. The normalized spacial score (nSPS) is 17.8. The van der Waals surface area contributed by atoms with E-state index in [2.05, 4.69) is 50.0 Å². The maximum absolute atomic E-state index is 3.31. The van der Waals surface area contributed by atoms with E-state index < -0.39 is 0 Å². The van der Waals surface area contributed by atoms with Crippen molar-refractivity contribution in [2.75, 3.05) is 46.8 Å². The molecule has 3 nitrogen and oxygen atoms in total. The van der Waals surface area contributed by atoms with Gasteiger partial charge in [-0.05, 0) is 40.1 Å². The van der Waals surface area contributed by atoms with Crippen molar-refractivity contribution in [2.45, 2.75) is 26.8 Å². The lowest BCUT2D eigenvalue weighted by molar-refractivity contribution is 0.194. The van der Waals surface area contributed by atoms with E-state index in [1.807, 2.05) is 0 Å². The van der Waals surface area contributed by atoms with Gasteiger partial charge in [-0.15, -0.1) is 0 Å². The predicted octanol–water partition coefficient (Wildman–Crippen LogP) is 1.18. The first-order valence-corrected chi connectivity index (χ1v) is 6.31. The van der Waals surface area contributed by atoms with Gasteiger partial charge in [0.15, 0.2) is 0 Å². The SMILES string of the molecule is CCN(CC(C)=C1CNC1)C(C)CN(C)C. The van der Waals surface area contributed by atoms with Crippen LogP contribution in [0.3, 0.4) is 0 Å². The van der Waals surface area contributed by atoms with E-state index in [1.54, 1.807) is 11.1 Å². The predicted molar refractivity (Wildman–Crippen MR) is 70.8 cm³/mol. The first-order chi connectivity index (χ1) is 7.54. The number of rotatable bonds is 6. The van der Waals surface area contributed by atoms with Gasteiger partial charge in [0.25, 0.3) is 0 Å². The molecule has 0 aromatic heterocycles. The summed E-state index contributed by atoms with van der Waals surface area (Å²) in [6.45, 7) is 12.5. The second kappa shape index (κ2) is 6.38. The minimum Gasteiger partial charge on any atom is -0.309 e. The van der Waals surface area contributed by atoms with Crippen LogP contribution in [-0.4, -0.2) is 62.7 Å². The lowest BCUT2D eigenvalue weighted by atomic mass is 10.0. The Morgan fingerprint density at radius 3 is 2.38 bits per heavy atom. The largest absolute Gasteiger partial charge is 0.309 e.